The molecule has 1 saturated carbocycles. The van der Waals surface area contributed by atoms with Gasteiger partial charge >= 0.3 is 0 Å². The van der Waals surface area contributed by atoms with E-state index < -0.39 is 0 Å². The predicted octanol–water partition coefficient (Wildman–Crippen LogP) is 2.52. The quantitative estimate of drug-likeness (QED) is 0.781. The van der Waals surface area contributed by atoms with Crippen molar-refractivity contribution in [3.63, 3.8) is 0 Å². The second kappa shape index (κ2) is 3.49. The van der Waals surface area contributed by atoms with Crippen LogP contribution in [-0.2, 0) is 5.41 Å². The third kappa shape index (κ3) is 1.44. The molecule has 2 fully saturated rings. The van der Waals surface area contributed by atoms with Gasteiger partial charge in [0, 0.05) is 18.0 Å². The lowest BCUT2D eigenvalue weighted by Crippen LogP contribution is -2.29. The van der Waals surface area contributed by atoms with Gasteiger partial charge in [0.15, 0.2) is 0 Å². The number of aromatic hydroxyl groups is 1. The number of nitrogens with zero attached hydrogens (tertiary/aromatic N) is 1. The summed E-state index contributed by atoms with van der Waals surface area (Å²) >= 11 is 0. The van der Waals surface area contributed by atoms with E-state index in [-0.39, 0.29) is 0 Å². The summed E-state index contributed by atoms with van der Waals surface area (Å²) in [6.45, 7) is 1.15. The van der Waals surface area contributed by atoms with E-state index in [1.165, 1.54) is 31.2 Å². The maximum absolute atomic E-state index is 9.62. The minimum Gasteiger partial charge on any atom is -0.508 e. The van der Waals surface area contributed by atoms with E-state index in [1.54, 1.807) is 6.07 Å². The fourth-order valence-electron chi connectivity index (χ4n) is 3.65. The maximum Gasteiger partial charge on any atom is 0.115 e. The summed E-state index contributed by atoms with van der Waals surface area (Å²) < 4.78 is 0. The van der Waals surface area contributed by atoms with E-state index >= 15 is 0 Å². The fourth-order valence-corrected chi connectivity index (χ4v) is 3.65. The maximum atomic E-state index is 9.62. The number of likely N-dealkylation sites (tertiary alicyclic amines) is 1. The number of phenolic OH excluding ortho intramolecular Hbond substituents is 1. The highest BCUT2D eigenvalue weighted by molar-refractivity contribution is 5.35. The van der Waals surface area contributed by atoms with Crippen molar-refractivity contribution in [2.75, 3.05) is 13.6 Å². The number of phenols is 1. The van der Waals surface area contributed by atoms with Crippen LogP contribution in [0.5, 0.6) is 5.75 Å². The molecular formula is C14H19NO. The molecule has 2 atom stereocenters. The Bertz CT molecular complexity index is 399. The van der Waals surface area contributed by atoms with E-state index in [9.17, 15) is 5.11 Å². The molecule has 1 aliphatic carbocycles. The van der Waals surface area contributed by atoms with Crippen LogP contribution in [-0.4, -0.2) is 29.6 Å². The van der Waals surface area contributed by atoms with Crippen molar-refractivity contribution >= 4 is 0 Å². The molecule has 16 heavy (non-hydrogen) atoms. The van der Waals surface area contributed by atoms with E-state index in [1.807, 2.05) is 12.1 Å². The predicted molar refractivity (Wildman–Crippen MR) is 64.7 cm³/mol. The molecule has 1 heterocycles. The molecular weight excluding hydrogens is 198 g/mol. The monoisotopic (exact) mass is 217 g/mol. The molecule has 0 radical (unpaired) electrons. The first-order valence-electron chi connectivity index (χ1n) is 6.19. The molecule has 1 unspecified atom stereocenters. The van der Waals surface area contributed by atoms with E-state index in [0.717, 1.165) is 12.6 Å². The summed E-state index contributed by atoms with van der Waals surface area (Å²) in [5, 5.41) is 9.62. The average Bonchev–Trinajstić information content (AvgIpc) is 2.51. The van der Waals surface area contributed by atoms with Crippen LogP contribution in [0.1, 0.15) is 31.2 Å². The Balaban J connectivity index is 1.99. The Morgan fingerprint density at radius 3 is 3.12 bits per heavy atom. The van der Waals surface area contributed by atoms with Crippen molar-refractivity contribution < 1.29 is 5.11 Å². The Morgan fingerprint density at radius 2 is 2.31 bits per heavy atom. The molecule has 1 saturated heterocycles. The topological polar surface area (TPSA) is 23.5 Å². The zero-order valence-electron chi connectivity index (χ0n) is 9.82. The lowest BCUT2D eigenvalue weighted by molar-refractivity contribution is 0.294. The van der Waals surface area contributed by atoms with Gasteiger partial charge < -0.3 is 10.0 Å². The van der Waals surface area contributed by atoms with Gasteiger partial charge in [-0.2, -0.15) is 0 Å². The van der Waals surface area contributed by atoms with E-state index in [0.29, 0.717) is 11.2 Å². The largest absolute Gasteiger partial charge is 0.508 e. The van der Waals surface area contributed by atoms with E-state index in [4.69, 9.17) is 0 Å². The smallest absolute Gasteiger partial charge is 0.115 e. The summed E-state index contributed by atoms with van der Waals surface area (Å²) in [6.07, 6.45) is 5.21. The fraction of sp³-hybridized carbons (Fsp3) is 0.571. The van der Waals surface area contributed by atoms with Crippen LogP contribution < -0.4 is 0 Å². The second-order valence-electron chi connectivity index (χ2n) is 5.50. The van der Waals surface area contributed by atoms with Gasteiger partial charge in [-0.05, 0) is 44.0 Å². The molecule has 0 spiro atoms. The molecule has 1 aromatic carbocycles. The van der Waals surface area contributed by atoms with Crippen molar-refractivity contribution in [3.05, 3.63) is 29.8 Å². The average molecular weight is 217 g/mol. The van der Waals surface area contributed by atoms with Crippen molar-refractivity contribution in [1.29, 1.82) is 0 Å². The van der Waals surface area contributed by atoms with Crippen LogP contribution in [0.3, 0.4) is 0 Å². The number of likely N-dealkylation sites (N-methyl/N-ethyl adjacent to an activating group) is 1. The van der Waals surface area contributed by atoms with Crippen molar-refractivity contribution in [2.24, 2.45) is 0 Å². The first kappa shape index (κ1) is 10.2. The van der Waals surface area contributed by atoms with Crippen LogP contribution in [0.2, 0.25) is 0 Å². The molecule has 1 aromatic rings. The highest BCUT2D eigenvalue weighted by atomic mass is 16.3. The van der Waals surface area contributed by atoms with Crippen LogP contribution in [0, 0.1) is 0 Å². The van der Waals surface area contributed by atoms with Gasteiger partial charge in [0.1, 0.15) is 5.75 Å². The molecule has 1 aliphatic heterocycles. The number of benzene rings is 1. The summed E-state index contributed by atoms with van der Waals surface area (Å²) in [6, 6.07) is 8.64. The molecule has 1 N–H and O–H groups in total. The number of rotatable bonds is 1. The molecule has 0 aromatic heterocycles. The minimum atomic E-state index is 0.316. The van der Waals surface area contributed by atoms with Crippen LogP contribution >= 0.6 is 0 Å². The van der Waals surface area contributed by atoms with Gasteiger partial charge in [0.2, 0.25) is 0 Å². The summed E-state index contributed by atoms with van der Waals surface area (Å²) in [5.41, 5.74) is 1.65. The molecule has 3 rings (SSSR count). The van der Waals surface area contributed by atoms with Crippen LogP contribution in [0.15, 0.2) is 24.3 Å². The standard InChI is InChI=1S/C14H19NO/c1-15-10-14(7-3-5-12(15)9-14)11-4-2-6-13(16)8-11/h2,4,6,8,12,16H,3,5,7,9-10H2,1H3/t12?,14-/m1/s1. The highest BCUT2D eigenvalue weighted by Crippen LogP contribution is 2.47. The Hall–Kier alpha value is -1.02. The molecule has 2 nitrogen and oxygen atoms in total. The van der Waals surface area contributed by atoms with Crippen molar-refractivity contribution in [1.82, 2.24) is 4.90 Å². The summed E-state index contributed by atoms with van der Waals surface area (Å²) in [4.78, 5) is 2.50. The SMILES string of the molecule is CN1C[C@@]2(c3cccc(O)c3)CCCC1C2. The Labute approximate surface area is 96.9 Å². The Kier molecular flexibility index (Phi) is 2.21. The minimum absolute atomic E-state index is 0.316. The summed E-state index contributed by atoms with van der Waals surface area (Å²) in [7, 11) is 2.24. The zero-order chi connectivity index (χ0) is 11.2. The van der Waals surface area contributed by atoms with Gasteiger partial charge in [-0.1, -0.05) is 18.6 Å². The first-order chi connectivity index (χ1) is 7.70. The molecule has 0 amide bonds. The lowest BCUT2D eigenvalue weighted by atomic mass is 9.71. The second-order valence-corrected chi connectivity index (χ2v) is 5.50. The van der Waals surface area contributed by atoms with Gasteiger partial charge in [-0.15, -0.1) is 0 Å². The number of hydrogen-bond acceptors (Lipinski definition) is 2. The van der Waals surface area contributed by atoms with Crippen LogP contribution in [0.4, 0.5) is 0 Å². The normalized spacial score (nSPS) is 34.2. The van der Waals surface area contributed by atoms with E-state index in [2.05, 4.69) is 18.0 Å². The third-order valence-corrected chi connectivity index (χ3v) is 4.45. The Morgan fingerprint density at radius 1 is 1.44 bits per heavy atom. The number of hydrogen-bond donors (Lipinski definition) is 1. The van der Waals surface area contributed by atoms with Gasteiger partial charge in [0.05, 0.1) is 0 Å². The van der Waals surface area contributed by atoms with Crippen LogP contribution in [0.25, 0.3) is 0 Å². The molecule has 2 aliphatic rings. The molecule has 2 bridgehead atoms. The van der Waals surface area contributed by atoms with Gasteiger partial charge in [0.25, 0.3) is 0 Å². The van der Waals surface area contributed by atoms with Gasteiger partial charge in [-0.3, -0.25) is 0 Å². The molecule has 86 valence electrons. The number of fused-ring (bicyclic) bond motifs is 2. The molecule has 2 heteroatoms. The third-order valence-electron chi connectivity index (χ3n) is 4.45. The lowest BCUT2D eigenvalue weighted by Gasteiger charge is -2.32. The zero-order valence-corrected chi connectivity index (χ0v) is 9.82. The summed E-state index contributed by atoms with van der Waals surface area (Å²) in [5.74, 6) is 0.406. The highest BCUT2D eigenvalue weighted by Gasteiger charge is 2.45. The van der Waals surface area contributed by atoms with Gasteiger partial charge in [-0.25, -0.2) is 0 Å². The van der Waals surface area contributed by atoms with Crippen molar-refractivity contribution in [2.45, 2.75) is 37.1 Å². The first-order valence-corrected chi connectivity index (χ1v) is 6.19. The van der Waals surface area contributed by atoms with Crippen molar-refractivity contribution in [3.8, 4) is 5.75 Å².